The van der Waals surface area contributed by atoms with E-state index in [0.29, 0.717) is 23.3 Å². The smallest absolute Gasteiger partial charge is 0.274 e. The normalized spacial score (nSPS) is 16.0. The number of benzene rings is 1. The van der Waals surface area contributed by atoms with E-state index in [0.717, 1.165) is 35.4 Å². The van der Waals surface area contributed by atoms with Crippen molar-refractivity contribution in [2.45, 2.75) is 50.5 Å². The van der Waals surface area contributed by atoms with Gasteiger partial charge in [-0.1, -0.05) is 31.0 Å². The van der Waals surface area contributed by atoms with Crippen LogP contribution in [0.3, 0.4) is 0 Å². The summed E-state index contributed by atoms with van der Waals surface area (Å²) in [6.07, 6.45) is 12.7. The SMILES string of the molecule is O=C(Nc1cccc(-c2nncn2C2CC2)c1)c1cc(-c2ccc(C3CCCC3)nc2)ccn1. The molecule has 1 N–H and O–H groups in total. The summed E-state index contributed by atoms with van der Waals surface area (Å²) in [6.45, 7) is 0. The molecule has 3 heterocycles. The van der Waals surface area contributed by atoms with Crippen molar-refractivity contribution < 1.29 is 4.79 Å². The minimum absolute atomic E-state index is 0.252. The Kier molecular flexibility index (Phi) is 5.37. The van der Waals surface area contributed by atoms with Crippen LogP contribution in [-0.2, 0) is 0 Å². The molecule has 4 aromatic rings. The second kappa shape index (κ2) is 8.82. The van der Waals surface area contributed by atoms with Crippen LogP contribution in [0.5, 0.6) is 0 Å². The standard InChI is InChI=1S/C27H26N6O/c34-27(31-22-7-3-6-20(14-22)26-32-30-17-33(26)23-9-10-23)25-15-19(12-13-28-25)21-8-11-24(29-16-21)18-4-1-2-5-18/h3,6-8,11-18,23H,1-2,4-5,9-10H2,(H,31,34). The molecule has 1 aromatic carbocycles. The summed E-state index contributed by atoms with van der Waals surface area (Å²) >= 11 is 0. The van der Waals surface area contributed by atoms with Crippen LogP contribution in [0.15, 0.2) is 67.3 Å². The van der Waals surface area contributed by atoms with Gasteiger partial charge < -0.3 is 9.88 Å². The minimum atomic E-state index is -0.252. The van der Waals surface area contributed by atoms with Gasteiger partial charge in [0.15, 0.2) is 5.82 Å². The molecule has 2 saturated carbocycles. The second-order valence-corrected chi connectivity index (χ2v) is 9.21. The third kappa shape index (κ3) is 4.21. The first-order chi connectivity index (χ1) is 16.7. The maximum absolute atomic E-state index is 13.0. The molecule has 2 aliphatic rings. The maximum Gasteiger partial charge on any atom is 0.274 e. The molecule has 0 bridgehead atoms. The number of carbonyl (C=O) groups excluding carboxylic acids is 1. The average molecular weight is 451 g/mol. The van der Waals surface area contributed by atoms with E-state index in [4.69, 9.17) is 4.98 Å². The van der Waals surface area contributed by atoms with E-state index in [9.17, 15) is 4.79 Å². The Balaban J connectivity index is 1.19. The van der Waals surface area contributed by atoms with Crippen LogP contribution < -0.4 is 5.32 Å². The first kappa shape index (κ1) is 20.7. The van der Waals surface area contributed by atoms with Gasteiger partial charge in [-0.2, -0.15) is 0 Å². The molecule has 7 heteroatoms. The van der Waals surface area contributed by atoms with Gasteiger partial charge in [-0.3, -0.25) is 14.8 Å². The fourth-order valence-corrected chi connectivity index (χ4v) is 4.77. The van der Waals surface area contributed by atoms with Crippen LogP contribution in [-0.4, -0.2) is 30.6 Å². The lowest BCUT2D eigenvalue weighted by molar-refractivity contribution is 0.102. The van der Waals surface area contributed by atoms with Crippen molar-refractivity contribution in [3.63, 3.8) is 0 Å². The first-order valence-corrected chi connectivity index (χ1v) is 12.0. The Bertz CT molecular complexity index is 1320. The zero-order valence-electron chi connectivity index (χ0n) is 18.9. The number of pyridine rings is 2. The number of hydrogen-bond donors (Lipinski definition) is 1. The quantitative estimate of drug-likeness (QED) is 0.410. The number of nitrogens with one attached hydrogen (secondary N) is 1. The molecule has 34 heavy (non-hydrogen) atoms. The van der Waals surface area contributed by atoms with Crippen LogP contribution >= 0.6 is 0 Å². The van der Waals surface area contributed by atoms with Crippen molar-refractivity contribution in [3.8, 4) is 22.5 Å². The molecular formula is C27H26N6O. The Morgan fingerprint density at radius 1 is 0.912 bits per heavy atom. The largest absolute Gasteiger partial charge is 0.321 e. The molecular weight excluding hydrogens is 424 g/mol. The highest BCUT2D eigenvalue weighted by molar-refractivity contribution is 6.03. The number of carbonyl (C=O) groups is 1. The molecule has 3 aromatic heterocycles. The molecule has 0 saturated heterocycles. The molecule has 0 spiro atoms. The average Bonchev–Trinajstić information content (AvgIpc) is 3.36. The summed E-state index contributed by atoms with van der Waals surface area (Å²) in [4.78, 5) is 22.0. The van der Waals surface area contributed by atoms with E-state index in [2.05, 4.69) is 37.2 Å². The van der Waals surface area contributed by atoms with Crippen molar-refractivity contribution in [2.75, 3.05) is 5.32 Å². The van der Waals surface area contributed by atoms with Crippen LogP contribution in [0.2, 0.25) is 0 Å². The molecule has 2 aliphatic carbocycles. The Hall–Kier alpha value is -3.87. The predicted molar refractivity (Wildman–Crippen MR) is 130 cm³/mol. The van der Waals surface area contributed by atoms with Crippen LogP contribution in [0.25, 0.3) is 22.5 Å². The minimum Gasteiger partial charge on any atom is -0.321 e. The van der Waals surface area contributed by atoms with Gasteiger partial charge >= 0.3 is 0 Å². The second-order valence-electron chi connectivity index (χ2n) is 9.21. The third-order valence-electron chi connectivity index (χ3n) is 6.78. The Morgan fingerprint density at radius 2 is 1.79 bits per heavy atom. The molecule has 7 nitrogen and oxygen atoms in total. The monoisotopic (exact) mass is 450 g/mol. The fraction of sp³-hybridized carbons (Fsp3) is 0.296. The Morgan fingerprint density at radius 3 is 2.59 bits per heavy atom. The third-order valence-corrected chi connectivity index (χ3v) is 6.78. The van der Waals surface area contributed by atoms with E-state index in [1.807, 2.05) is 42.6 Å². The van der Waals surface area contributed by atoms with Crippen LogP contribution in [0.4, 0.5) is 5.69 Å². The fourth-order valence-electron chi connectivity index (χ4n) is 4.77. The zero-order valence-corrected chi connectivity index (χ0v) is 18.9. The summed E-state index contributed by atoms with van der Waals surface area (Å²) in [5, 5.41) is 11.3. The van der Waals surface area contributed by atoms with Gasteiger partial charge in [-0.05, 0) is 61.6 Å². The molecule has 2 fully saturated rings. The lowest BCUT2D eigenvalue weighted by Gasteiger charge is -2.10. The van der Waals surface area contributed by atoms with Gasteiger partial charge in [0.1, 0.15) is 12.0 Å². The van der Waals surface area contributed by atoms with Gasteiger partial charge in [0.2, 0.25) is 0 Å². The van der Waals surface area contributed by atoms with Crippen LogP contribution in [0.1, 0.15) is 66.7 Å². The maximum atomic E-state index is 13.0. The molecule has 1 amide bonds. The molecule has 170 valence electrons. The highest BCUT2D eigenvalue weighted by Crippen LogP contribution is 2.38. The number of aromatic nitrogens is 5. The van der Waals surface area contributed by atoms with Crippen molar-refractivity contribution >= 4 is 11.6 Å². The number of amides is 1. The van der Waals surface area contributed by atoms with E-state index in [-0.39, 0.29) is 5.91 Å². The van der Waals surface area contributed by atoms with Crippen molar-refractivity contribution in [3.05, 3.63) is 78.6 Å². The summed E-state index contributed by atoms with van der Waals surface area (Å²) in [6, 6.07) is 16.1. The lowest BCUT2D eigenvalue weighted by atomic mass is 10.0. The molecule has 0 atom stereocenters. The predicted octanol–water partition coefficient (Wildman–Crippen LogP) is 5.65. The van der Waals surface area contributed by atoms with Crippen molar-refractivity contribution in [2.24, 2.45) is 0 Å². The topological polar surface area (TPSA) is 85.6 Å². The van der Waals surface area contributed by atoms with Gasteiger partial charge in [0.25, 0.3) is 5.91 Å². The number of rotatable bonds is 6. The highest BCUT2D eigenvalue weighted by Gasteiger charge is 2.26. The van der Waals surface area contributed by atoms with Crippen molar-refractivity contribution in [1.82, 2.24) is 24.7 Å². The van der Waals surface area contributed by atoms with E-state index in [1.54, 1.807) is 12.5 Å². The highest BCUT2D eigenvalue weighted by atomic mass is 16.1. The molecule has 0 aliphatic heterocycles. The number of nitrogens with zero attached hydrogens (tertiary/aromatic N) is 5. The van der Waals surface area contributed by atoms with E-state index >= 15 is 0 Å². The van der Waals surface area contributed by atoms with Gasteiger partial charge in [0, 0.05) is 46.9 Å². The molecule has 0 unspecified atom stereocenters. The van der Waals surface area contributed by atoms with Crippen molar-refractivity contribution in [1.29, 1.82) is 0 Å². The summed E-state index contributed by atoms with van der Waals surface area (Å²) in [7, 11) is 0. The molecule has 0 radical (unpaired) electrons. The van der Waals surface area contributed by atoms with Gasteiger partial charge in [-0.15, -0.1) is 10.2 Å². The van der Waals surface area contributed by atoms with Crippen LogP contribution in [0, 0.1) is 0 Å². The summed E-state index contributed by atoms with van der Waals surface area (Å²) in [5.74, 6) is 1.16. The first-order valence-electron chi connectivity index (χ1n) is 12.0. The van der Waals surface area contributed by atoms with Gasteiger partial charge in [-0.25, -0.2) is 0 Å². The summed E-state index contributed by atoms with van der Waals surface area (Å²) in [5.41, 5.74) is 5.08. The molecule has 6 rings (SSSR count). The van der Waals surface area contributed by atoms with E-state index in [1.165, 1.54) is 31.4 Å². The summed E-state index contributed by atoms with van der Waals surface area (Å²) < 4.78 is 2.11. The number of hydrogen-bond acceptors (Lipinski definition) is 5. The van der Waals surface area contributed by atoms with E-state index < -0.39 is 0 Å². The van der Waals surface area contributed by atoms with Gasteiger partial charge in [0.05, 0.1) is 0 Å². The Labute approximate surface area is 198 Å². The number of anilines is 1. The lowest BCUT2D eigenvalue weighted by Crippen LogP contribution is -2.13. The zero-order chi connectivity index (χ0) is 22.9.